The van der Waals surface area contributed by atoms with Crippen molar-refractivity contribution >= 4 is 23.7 Å². The normalized spacial score (nSPS) is 27.7. The second kappa shape index (κ2) is 9.98. The monoisotopic (exact) mass is 593 g/mol. The summed E-state index contributed by atoms with van der Waals surface area (Å²) in [6, 6.07) is 5.48. The molecule has 9 N–H and O–H groups in total. The molecule has 1 saturated heterocycles. The summed E-state index contributed by atoms with van der Waals surface area (Å²) in [5.74, 6) is -3.08. The maximum Gasteiger partial charge on any atom is 0.273 e. The van der Waals surface area contributed by atoms with Crippen molar-refractivity contribution in [2.24, 2.45) is 21.5 Å². The zero-order chi connectivity index (χ0) is 30.7. The Labute approximate surface area is 247 Å². The number of nitrogens with one attached hydrogen (secondary N) is 3. The van der Waals surface area contributed by atoms with Crippen LogP contribution < -0.4 is 36.9 Å². The number of pyridine rings is 1. The van der Waals surface area contributed by atoms with Gasteiger partial charge >= 0.3 is 0 Å². The van der Waals surface area contributed by atoms with Gasteiger partial charge in [-0.05, 0) is 30.0 Å². The van der Waals surface area contributed by atoms with E-state index in [9.17, 15) is 19.8 Å². The fourth-order valence-corrected chi connectivity index (χ4v) is 6.44. The molecule has 43 heavy (non-hydrogen) atoms. The van der Waals surface area contributed by atoms with E-state index >= 15 is 0 Å². The topological polar surface area (TPSA) is 222 Å². The quantitative estimate of drug-likeness (QED) is 0.188. The molecule has 1 unspecified atom stereocenters. The summed E-state index contributed by atoms with van der Waals surface area (Å²) in [4.78, 5) is 41.0. The molecular formula is C28H35N9O6. The van der Waals surface area contributed by atoms with E-state index in [1.807, 2.05) is 6.07 Å². The Morgan fingerprint density at radius 2 is 1.98 bits per heavy atom. The molecule has 6 rings (SSSR count). The molecule has 1 aromatic carbocycles. The lowest BCUT2D eigenvalue weighted by Crippen LogP contribution is -2.78. The summed E-state index contributed by atoms with van der Waals surface area (Å²) < 4.78 is 11.1. The molecule has 1 spiro atoms. The Kier molecular flexibility index (Phi) is 6.61. The summed E-state index contributed by atoms with van der Waals surface area (Å²) in [6.07, 6.45) is 2.26. The Morgan fingerprint density at radius 3 is 2.74 bits per heavy atom. The molecule has 15 heteroatoms. The third-order valence-corrected chi connectivity index (χ3v) is 8.75. The minimum Gasteiger partial charge on any atom is -0.494 e. The molecule has 4 atom stereocenters. The molecule has 2 amide bonds. The van der Waals surface area contributed by atoms with Crippen molar-refractivity contribution in [3.05, 3.63) is 53.3 Å². The van der Waals surface area contributed by atoms with Crippen LogP contribution in [0.25, 0.3) is 0 Å². The third-order valence-electron chi connectivity index (χ3n) is 8.75. The van der Waals surface area contributed by atoms with Crippen molar-refractivity contribution < 1.29 is 29.3 Å². The fourth-order valence-electron chi connectivity index (χ4n) is 6.44. The second-order valence-electron chi connectivity index (χ2n) is 11.7. The average molecular weight is 594 g/mol. The van der Waals surface area contributed by atoms with Crippen LogP contribution in [0.15, 0.2) is 46.5 Å². The molecule has 4 aliphatic rings. The van der Waals surface area contributed by atoms with Gasteiger partial charge in [-0.3, -0.25) is 9.59 Å². The van der Waals surface area contributed by atoms with Gasteiger partial charge in [0.15, 0.2) is 23.3 Å². The molecular weight excluding hydrogens is 558 g/mol. The van der Waals surface area contributed by atoms with E-state index in [-0.39, 0.29) is 47.4 Å². The van der Waals surface area contributed by atoms with Crippen LogP contribution in [0.2, 0.25) is 0 Å². The van der Waals surface area contributed by atoms with Crippen molar-refractivity contribution in [1.29, 1.82) is 0 Å². The van der Waals surface area contributed by atoms with Crippen LogP contribution in [0.4, 0.5) is 0 Å². The van der Waals surface area contributed by atoms with Crippen LogP contribution >= 0.6 is 0 Å². The molecule has 4 aliphatic heterocycles. The molecule has 1 aromatic heterocycles. The highest BCUT2D eigenvalue weighted by Crippen LogP contribution is 2.45. The summed E-state index contributed by atoms with van der Waals surface area (Å²) in [7, 11) is 1.43. The summed E-state index contributed by atoms with van der Waals surface area (Å²) in [6.45, 7) is 4.41. The average Bonchev–Trinajstić information content (AvgIpc) is 3.44. The number of para-hydroxylation sites is 1. The van der Waals surface area contributed by atoms with Crippen LogP contribution in [-0.4, -0.2) is 100 Å². The van der Waals surface area contributed by atoms with Crippen molar-refractivity contribution in [1.82, 2.24) is 25.8 Å². The third kappa shape index (κ3) is 4.29. The van der Waals surface area contributed by atoms with Crippen LogP contribution in [0.3, 0.4) is 0 Å². The first-order valence-electron chi connectivity index (χ1n) is 13.9. The Hall–Kier alpha value is -4.63. The minimum atomic E-state index is -2.64. The van der Waals surface area contributed by atoms with Gasteiger partial charge in [0.05, 0.1) is 25.3 Å². The van der Waals surface area contributed by atoms with Crippen LogP contribution in [-0.2, 0) is 5.41 Å². The van der Waals surface area contributed by atoms with Gasteiger partial charge in [0.2, 0.25) is 5.79 Å². The highest BCUT2D eigenvalue weighted by atomic mass is 16.5. The molecule has 5 heterocycles. The maximum atomic E-state index is 13.6. The molecule has 0 bridgehead atoms. The summed E-state index contributed by atoms with van der Waals surface area (Å²) in [5, 5.41) is 31.9. The second-order valence-corrected chi connectivity index (χ2v) is 11.7. The summed E-state index contributed by atoms with van der Waals surface area (Å²) in [5.41, 5.74) is 11.7. The number of rotatable bonds is 6. The van der Waals surface area contributed by atoms with Crippen LogP contribution in [0, 0.1) is 0 Å². The first-order chi connectivity index (χ1) is 20.4. The molecule has 228 valence electrons. The first-order valence-corrected chi connectivity index (χ1v) is 13.9. The molecule has 2 aromatic rings. The number of fused-ring (bicyclic) bond motifs is 1. The molecule has 1 fully saturated rings. The number of nitrogens with zero attached hydrogens (tertiary/aromatic N) is 4. The zero-order valence-corrected chi connectivity index (χ0v) is 24.0. The predicted molar refractivity (Wildman–Crippen MR) is 155 cm³/mol. The van der Waals surface area contributed by atoms with Crippen molar-refractivity contribution in [2.45, 2.75) is 55.3 Å². The zero-order valence-electron chi connectivity index (χ0n) is 24.0. The van der Waals surface area contributed by atoms with Crippen LogP contribution in [0.5, 0.6) is 11.5 Å². The van der Waals surface area contributed by atoms with Crippen molar-refractivity contribution in [3.63, 3.8) is 0 Å². The lowest BCUT2D eigenvalue weighted by atomic mass is 9.79. The number of aromatic nitrogens is 1. The van der Waals surface area contributed by atoms with Gasteiger partial charge in [0.1, 0.15) is 23.6 Å². The van der Waals surface area contributed by atoms with Gasteiger partial charge in [0.25, 0.3) is 11.8 Å². The van der Waals surface area contributed by atoms with Gasteiger partial charge in [-0.15, -0.1) is 0 Å². The smallest absolute Gasteiger partial charge is 0.273 e. The van der Waals surface area contributed by atoms with E-state index in [0.717, 1.165) is 12.0 Å². The Balaban J connectivity index is 1.26. The molecule has 0 aliphatic carbocycles. The largest absolute Gasteiger partial charge is 0.494 e. The number of guanidine groups is 2. The van der Waals surface area contributed by atoms with E-state index < -0.39 is 41.4 Å². The predicted octanol–water partition coefficient (Wildman–Crippen LogP) is -1.65. The van der Waals surface area contributed by atoms with E-state index in [1.165, 1.54) is 18.2 Å². The summed E-state index contributed by atoms with van der Waals surface area (Å²) >= 11 is 0. The number of methoxy groups -OCH3 is 1. The van der Waals surface area contributed by atoms with E-state index in [0.29, 0.717) is 12.4 Å². The number of amides is 2. The van der Waals surface area contributed by atoms with E-state index in [2.05, 4.69) is 44.8 Å². The number of hydrogen-bond acceptors (Lipinski definition) is 13. The molecule has 0 radical (unpaired) electrons. The minimum absolute atomic E-state index is 0.0466. The number of hydrogen-bond donors (Lipinski definition) is 7. The highest BCUT2D eigenvalue weighted by Gasteiger charge is 2.73. The van der Waals surface area contributed by atoms with Gasteiger partial charge in [-0.1, -0.05) is 26.0 Å². The van der Waals surface area contributed by atoms with Crippen molar-refractivity contribution in [3.8, 4) is 11.5 Å². The van der Waals surface area contributed by atoms with E-state index in [4.69, 9.17) is 20.9 Å². The van der Waals surface area contributed by atoms with Gasteiger partial charge < -0.3 is 52.0 Å². The Morgan fingerprint density at radius 1 is 1.19 bits per heavy atom. The SMILES string of the molecule is COc1cccnc1C(=O)NC[C@@H]1N=C(N)N2CC(NC(=O)c3cccc4c3OCCC4(C)C)C(O)(O)[C@@]23NC(N)=N[C@@H]13. The number of carbonyl (C=O) groups excluding carboxylic acids is 2. The Bertz CT molecular complexity index is 1540. The number of aliphatic imine (C=N–C) groups is 2. The van der Waals surface area contributed by atoms with Crippen molar-refractivity contribution in [2.75, 3.05) is 26.8 Å². The lowest BCUT2D eigenvalue weighted by Gasteiger charge is -2.49. The van der Waals surface area contributed by atoms with Crippen LogP contribution in [0.1, 0.15) is 46.7 Å². The van der Waals surface area contributed by atoms with E-state index in [1.54, 1.807) is 24.3 Å². The maximum absolute atomic E-state index is 13.6. The standard InChI is InChI=1S/C28H35N9O6/c1-26(2)9-11-43-20-14(6-4-7-15(20)26)22(38)34-18-13-37-25(30)33-16(21-27(37,28(18,40)41)36-24(29)35-21)12-32-23(39)19-17(42-3)8-5-10-31-19/h4-8,10,16,18,21,40-41H,9,11-13H2,1-3H3,(H2,30,33)(H,32,39)(H,34,38)(H3,29,35,36)/t16-,18?,21-,27-/m0/s1. The number of benzene rings is 1. The van der Waals surface area contributed by atoms with Gasteiger partial charge in [-0.2, -0.15) is 0 Å². The number of ether oxygens (including phenoxy) is 2. The lowest BCUT2D eigenvalue weighted by molar-refractivity contribution is -0.230. The molecule has 15 nitrogen and oxygen atoms in total. The first kappa shape index (κ1) is 28.5. The van der Waals surface area contributed by atoms with Gasteiger partial charge in [0, 0.05) is 24.8 Å². The highest BCUT2D eigenvalue weighted by molar-refractivity contribution is 5.98. The number of carbonyl (C=O) groups is 2. The molecule has 0 saturated carbocycles. The fraction of sp³-hybridized carbons (Fsp3) is 0.464. The van der Waals surface area contributed by atoms with Gasteiger partial charge in [-0.25, -0.2) is 15.0 Å². The number of aliphatic hydroxyl groups is 2. The number of nitrogens with two attached hydrogens (primary N) is 2.